The Morgan fingerprint density at radius 3 is 2.72 bits per heavy atom. The Kier molecular flexibility index (Phi) is 5.50. The topological polar surface area (TPSA) is 90.6 Å². The summed E-state index contributed by atoms with van der Waals surface area (Å²) in [5, 5.41) is 0. The molecule has 100 valence electrons. The van der Waals surface area contributed by atoms with Crippen molar-refractivity contribution in [2.75, 3.05) is 18.0 Å². The number of primary amides is 1. The summed E-state index contributed by atoms with van der Waals surface area (Å²) < 4.78 is 11.4. The van der Waals surface area contributed by atoms with E-state index in [-0.39, 0.29) is 17.4 Å². The quantitative estimate of drug-likeness (QED) is 0.603. The van der Waals surface area contributed by atoms with Gasteiger partial charge in [-0.1, -0.05) is 26.2 Å². The largest absolute Gasteiger partial charge is 0.479 e. The first-order valence-electron chi connectivity index (χ1n) is 5.42. The van der Waals surface area contributed by atoms with Crippen LogP contribution in [0.25, 0.3) is 0 Å². The van der Waals surface area contributed by atoms with Crippen molar-refractivity contribution in [3.05, 3.63) is 6.33 Å². The van der Waals surface area contributed by atoms with Gasteiger partial charge in [-0.25, -0.2) is 9.10 Å². The fourth-order valence-electron chi connectivity index (χ4n) is 1.21. The molecule has 0 atom stereocenters. The van der Waals surface area contributed by atoms with Crippen LogP contribution in [0.5, 0.6) is 11.8 Å². The van der Waals surface area contributed by atoms with Gasteiger partial charge in [0.15, 0.2) is 5.69 Å². The van der Waals surface area contributed by atoms with Crippen LogP contribution < -0.4 is 19.5 Å². The lowest BCUT2D eigenvalue weighted by Gasteiger charge is -2.18. The summed E-state index contributed by atoms with van der Waals surface area (Å²) in [6, 6.07) is -0.772. The molecule has 18 heavy (non-hydrogen) atoms. The summed E-state index contributed by atoms with van der Waals surface area (Å²) in [6.45, 7) is 2.52. The van der Waals surface area contributed by atoms with Crippen molar-refractivity contribution in [1.29, 1.82) is 0 Å². The molecule has 8 heteroatoms. The van der Waals surface area contributed by atoms with Gasteiger partial charge in [-0.3, -0.25) is 0 Å². The summed E-state index contributed by atoms with van der Waals surface area (Å²) >= 11 is 3.97. The normalized spacial score (nSPS) is 9.94. The van der Waals surface area contributed by atoms with Crippen molar-refractivity contribution in [1.82, 2.24) is 9.97 Å². The van der Waals surface area contributed by atoms with Crippen LogP contribution in [0.2, 0.25) is 0 Å². The van der Waals surface area contributed by atoms with E-state index in [0.717, 1.165) is 17.1 Å². The third kappa shape index (κ3) is 3.39. The van der Waals surface area contributed by atoms with E-state index in [0.29, 0.717) is 6.61 Å². The van der Waals surface area contributed by atoms with Crippen molar-refractivity contribution in [3.63, 3.8) is 0 Å². The molecule has 1 aromatic heterocycles. The van der Waals surface area contributed by atoms with Crippen LogP contribution in [0.1, 0.15) is 19.8 Å². The predicted molar refractivity (Wildman–Crippen MR) is 70.0 cm³/mol. The standard InChI is InChI=1S/C10H16N4O3S/c1-3-4-5-17-9-7(14(18)10(11)15)8(16-2)12-6-13-9/h6,18H,3-5H2,1-2H3,(H2,11,15). The molecule has 0 aliphatic rings. The second kappa shape index (κ2) is 6.90. The van der Waals surface area contributed by atoms with Gasteiger partial charge < -0.3 is 15.2 Å². The van der Waals surface area contributed by atoms with Gasteiger partial charge in [0.25, 0.3) is 0 Å². The zero-order valence-electron chi connectivity index (χ0n) is 10.3. The van der Waals surface area contributed by atoms with Crippen LogP contribution >= 0.6 is 12.8 Å². The second-order valence-corrected chi connectivity index (χ2v) is 3.79. The number of methoxy groups -OCH3 is 1. The lowest BCUT2D eigenvalue weighted by Crippen LogP contribution is -2.28. The number of unbranched alkanes of at least 4 members (excludes halogenated alkanes) is 1. The highest BCUT2D eigenvalue weighted by Gasteiger charge is 2.22. The number of hydrogen-bond donors (Lipinski definition) is 2. The molecule has 1 aromatic rings. The van der Waals surface area contributed by atoms with Gasteiger partial charge >= 0.3 is 6.03 Å². The van der Waals surface area contributed by atoms with Crippen LogP contribution in [-0.2, 0) is 0 Å². The lowest BCUT2D eigenvalue weighted by atomic mass is 10.4. The van der Waals surface area contributed by atoms with Gasteiger partial charge in [-0.15, -0.1) is 0 Å². The van der Waals surface area contributed by atoms with Gasteiger partial charge in [-0.05, 0) is 6.42 Å². The highest BCUT2D eigenvalue weighted by atomic mass is 32.1. The SMILES string of the molecule is CCCCOc1ncnc(OC)c1N(S)C(N)=O. The molecule has 0 aliphatic heterocycles. The van der Waals surface area contributed by atoms with E-state index in [4.69, 9.17) is 15.2 Å². The average molecular weight is 272 g/mol. The molecule has 7 nitrogen and oxygen atoms in total. The number of aromatic nitrogens is 2. The molecule has 1 rings (SSSR count). The number of carbonyl (C=O) groups excluding carboxylic acids is 1. The molecule has 0 aliphatic carbocycles. The van der Waals surface area contributed by atoms with Gasteiger partial charge in [0.2, 0.25) is 11.8 Å². The molecular weight excluding hydrogens is 256 g/mol. The predicted octanol–water partition coefficient (Wildman–Crippen LogP) is 1.39. The summed E-state index contributed by atoms with van der Waals surface area (Å²) in [5.74, 6) is 0.384. The van der Waals surface area contributed by atoms with E-state index in [9.17, 15) is 4.79 Å². The van der Waals surface area contributed by atoms with Gasteiger partial charge in [0.1, 0.15) is 6.33 Å². The number of nitrogens with zero attached hydrogens (tertiary/aromatic N) is 3. The Morgan fingerprint density at radius 1 is 1.50 bits per heavy atom. The lowest BCUT2D eigenvalue weighted by molar-refractivity contribution is 0.256. The molecule has 0 radical (unpaired) electrons. The van der Waals surface area contributed by atoms with Crippen LogP contribution in [0.4, 0.5) is 10.5 Å². The van der Waals surface area contributed by atoms with E-state index in [1.807, 2.05) is 6.92 Å². The zero-order valence-corrected chi connectivity index (χ0v) is 11.2. The minimum atomic E-state index is -0.772. The van der Waals surface area contributed by atoms with Crippen LogP contribution in [0, 0.1) is 0 Å². The van der Waals surface area contributed by atoms with E-state index < -0.39 is 6.03 Å². The van der Waals surface area contributed by atoms with Crippen LogP contribution in [0.3, 0.4) is 0 Å². The number of hydrogen-bond acceptors (Lipinski definition) is 6. The Hall–Kier alpha value is -1.70. The number of rotatable bonds is 6. The summed E-state index contributed by atoms with van der Waals surface area (Å²) in [6.07, 6.45) is 3.14. The maximum absolute atomic E-state index is 11.2. The molecule has 0 saturated carbocycles. The minimum Gasteiger partial charge on any atom is -0.479 e. The highest BCUT2D eigenvalue weighted by Crippen LogP contribution is 2.35. The average Bonchev–Trinajstić information content (AvgIpc) is 2.37. The molecule has 0 unspecified atom stereocenters. The number of carbonyl (C=O) groups is 1. The van der Waals surface area contributed by atoms with Crippen molar-refractivity contribution in [2.24, 2.45) is 5.73 Å². The number of ether oxygens (including phenoxy) is 2. The maximum Gasteiger partial charge on any atom is 0.329 e. The number of thiol groups is 1. The first-order valence-corrected chi connectivity index (χ1v) is 5.82. The molecule has 0 spiro atoms. The molecule has 0 bridgehead atoms. The Labute approximate surface area is 111 Å². The van der Waals surface area contributed by atoms with Crippen molar-refractivity contribution >= 4 is 24.5 Å². The third-order valence-corrected chi connectivity index (χ3v) is 2.50. The third-order valence-electron chi connectivity index (χ3n) is 2.11. The Morgan fingerprint density at radius 2 is 2.17 bits per heavy atom. The zero-order chi connectivity index (χ0) is 13.5. The number of urea groups is 1. The molecule has 0 fully saturated rings. The van der Waals surface area contributed by atoms with E-state index >= 15 is 0 Å². The smallest absolute Gasteiger partial charge is 0.329 e. The minimum absolute atomic E-state index is 0.172. The summed E-state index contributed by atoms with van der Waals surface area (Å²) in [5.41, 5.74) is 5.36. The fourth-order valence-corrected chi connectivity index (χ4v) is 1.38. The maximum atomic E-state index is 11.2. The Bertz CT molecular complexity index is 416. The number of amides is 2. The van der Waals surface area contributed by atoms with E-state index in [1.165, 1.54) is 13.4 Å². The monoisotopic (exact) mass is 272 g/mol. The molecule has 2 amide bonds. The first-order chi connectivity index (χ1) is 8.61. The molecule has 2 N–H and O–H groups in total. The van der Waals surface area contributed by atoms with Crippen LogP contribution in [0.15, 0.2) is 6.33 Å². The van der Waals surface area contributed by atoms with Gasteiger partial charge in [0, 0.05) is 0 Å². The van der Waals surface area contributed by atoms with Crippen molar-refractivity contribution < 1.29 is 14.3 Å². The Balaban J connectivity index is 3.04. The van der Waals surface area contributed by atoms with E-state index in [1.54, 1.807) is 0 Å². The van der Waals surface area contributed by atoms with Gasteiger partial charge in [-0.2, -0.15) is 9.97 Å². The molecular formula is C10H16N4O3S. The van der Waals surface area contributed by atoms with Crippen molar-refractivity contribution in [2.45, 2.75) is 19.8 Å². The van der Waals surface area contributed by atoms with E-state index in [2.05, 4.69) is 22.8 Å². The summed E-state index contributed by atoms with van der Waals surface area (Å²) in [4.78, 5) is 19.0. The second-order valence-electron chi connectivity index (χ2n) is 3.39. The highest BCUT2D eigenvalue weighted by molar-refractivity contribution is 7.82. The number of anilines is 1. The molecule has 0 saturated heterocycles. The van der Waals surface area contributed by atoms with Crippen LogP contribution in [-0.4, -0.2) is 29.7 Å². The fraction of sp³-hybridized carbons (Fsp3) is 0.500. The van der Waals surface area contributed by atoms with Gasteiger partial charge in [0.05, 0.1) is 13.7 Å². The van der Waals surface area contributed by atoms with Crippen molar-refractivity contribution in [3.8, 4) is 11.8 Å². The summed E-state index contributed by atoms with van der Waals surface area (Å²) in [7, 11) is 1.42. The number of nitrogens with two attached hydrogens (primary N) is 1. The molecule has 0 aromatic carbocycles. The molecule has 1 heterocycles. The first kappa shape index (κ1) is 14.4.